The van der Waals surface area contributed by atoms with Gasteiger partial charge in [-0.25, -0.2) is 0 Å². The van der Waals surface area contributed by atoms with Crippen LogP contribution in [0.3, 0.4) is 0 Å². The van der Waals surface area contributed by atoms with Crippen LogP contribution in [-0.2, 0) is 0 Å². The number of rotatable bonds is 3. The van der Waals surface area contributed by atoms with Gasteiger partial charge in [-0.05, 0) is 23.0 Å². The number of hydrogen-bond acceptors (Lipinski definition) is 0. The Morgan fingerprint density at radius 1 is 1.15 bits per heavy atom. The molecule has 1 unspecified atom stereocenters. The normalized spacial score (nSPS) is 13.3. The number of halogens is 1. The predicted octanol–water partition coefficient (Wildman–Crippen LogP) is 4.35. The van der Waals surface area contributed by atoms with Crippen molar-refractivity contribution in [2.45, 2.75) is 32.6 Å². The Hall–Kier alpha value is -0.0500. The first kappa shape index (κ1) is 11.0. The molecular weight excluding hydrogens is 271 g/mol. The molecule has 1 aromatic carbocycles. The lowest BCUT2D eigenvalue weighted by atomic mass is 9.96. The first-order valence-corrected chi connectivity index (χ1v) is 6.33. The first-order chi connectivity index (χ1) is 6.15. The van der Waals surface area contributed by atoms with Crippen LogP contribution in [0, 0.1) is 0 Å². The van der Waals surface area contributed by atoms with Gasteiger partial charge in [0, 0.05) is 4.43 Å². The fourth-order valence-corrected chi connectivity index (χ4v) is 1.82. The molecule has 0 bridgehead atoms. The van der Waals surface area contributed by atoms with E-state index in [4.69, 9.17) is 0 Å². The highest BCUT2D eigenvalue weighted by Gasteiger charge is 2.05. The molecule has 1 aromatic rings. The molecule has 1 atom stereocenters. The van der Waals surface area contributed by atoms with Crippen LogP contribution in [-0.4, -0.2) is 4.43 Å². The number of hydrogen-bond donors (Lipinski definition) is 0. The zero-order chi connectivity index (χ0) is 9.84. The number of alkyl halides is 1. The van der Waals surface area contributed by atoms with Crippen LogP contribution in [0.4, 0.5) is 0 Å². The molecule has 0 aliphatic carbocycles. The molecule has 1 heteroatoms. The lowest BCUT2D eigenvalue weighted by molar-refractivity contribution is 0.844. The van der Waals surface area contributed by atoms with E-state index in [0.717, 1.165) is 0 Å². The van der Waals surface area contributed by atoms with Crippen LogP contribution in [0.25, 0.3) is 0 Å². The van der Waals surface area contributed by atoms with E-state index in [0.29, 0.717) is 11.8 Å². The molecule has 0 spiro atoms. The Balaban J connectivity index is 2.91. The minimum atomic E-state index is 0.640. The van der Waals surface area contributed by atoms with Gasteiger partial charge in [0.2, 0.25) is 0 Å². The van der Waals surface area contributed by atoms with Crippen LogP contribution in [0.15, 0.2) is 24.3 Å². The molecule has 0 nitrogen and oxygen atoms in total. The molecule has 0 heterocycles. The van der Waals surface area contributed by atoms with E-state index in [1.165, 1.54) is 15.6 Å². The maximum atomic E-state index is 2.45. The first-order valence-electron chi connectivity index (χ1n) is 4.81. The monoisotopic (exact) mass is 288 g/mol. The van der Waals surface area contributed by atoms with Crippen LogP contribution < -0.4 is 0 Å². The van der Waals surface area contributed by atoms with Gasteiger partial charge in [0.05, 0.1) is 0 Å². The second kappa shape index (κ2) is 4.99. The average Bonchev–Trinajstić information content (AvgIpc) is 2.17. The Labute approximate surface area is 94.9 Å². The van der Waals surface area contributed by atoms with Crippen LogP contribution >= 0.6 is 22.6 Å². The third kappa shape index (κ3) is 2.97. The summed E-state index contributed by atoms with van der Waals surface area (Å²) in [5.41, 5.74) is 2.93. The van der Waals surface area contributed by atoms with E-state index in [9.17, 15) is 0 Å². The van der Waals surface area contributed by atoms with Crippen molar-refractivity contribution in [1.82, 2.24) is 0 Å². The summed E-state index contributed by atoms with van der Waals surface area (Å²) >= 11 is 2.45. The Morgan fingerprint density at radius 3 is 2.31 bits per heavy atom. The SMILES string of the molecule is CC(C)c1cccc(C(C)CI)c1. The molecule has 0 aliphatic rings. The lowest BCUT2D eigenvalue weighted by Crippen LogP contribution is -1.96. The summed E-state index contributed by atoms with van der Waals surface area (Å²) in [6.45, 7) is 6.77. The zero-order valence-corrected chi connectivity index (χ0v) is 10.7. The van der Waals surface area contributed by atoms with Gasteiger partial charge in [-0.15, -0.1) is 0 Å². The topological polar surface area (TPSA) is 0 Å². The van der Waals surface area contributed by atoms with Gasteiger partial charge in [0.1, 0.15) is 0 Å². The van der Waals surface area contributed by atoms with Crippen molar-refractivity contribution in [1.29, 1.82) is 0 Å². The molecule has 0 aromatic heterocycles. The Kier molecular flexibility index (Phi) is 4.23. The molecule has 1 rings (SSSR count). The summed E-state index contributed by atoms with van der Waals surface area (Å²) in [4.78, 5) is 0. The van der Waals surface area contributed by atoms with Gasteiger partial charge in [-0.3, -0.25) is 0 Å². The summed E-state index contributed by atoms with van der Waals surface area (Å²) in [6.07, 6.45) is 0. The van der Waals surface area contributed by atoms with Crippen molar-refractivity contribution in [3.8, 4) is 0 Å². The molecule has 13 heavy (non-hydrogen) atoms. The van der Waals surface area contributed by atoms with Crippen molar-refractivity contribution in [2.75, 3.05) is 4.43 Å². The predicted molar refractivity (Wildman–Crippen MR) is 67.8 cm³/mol. The molecule has 0 radical (unpaired) electrons. The summed E-state index contributed by atoms with van der Waals surface area (Å²) in [5, 5.41) is 0. The average molecular weight is 288 g/mol. The molecule has 0 fully saturated rings. The van der Waals surface area contributed by atoms with Crippen molar-refractivity contribution in [3.05, 3.63) is 35.4 Å². The highest BCUT2D eigenvalue weighted by atomic mass is 127. The molecule has 0 saturated carbocycles. The quantitative estimate of drug-likeness (QED) is 0.573. The van der Waals surface area contributed by atoms with E-state index < -0.39 is 0 Å². The van der Waals surface area contributed by atoms with Crippen molar-refractivity contribution in [3.63, 3.8) is 0 Å². The van der Waals surface area contributed by atoms with Crippen molar-refractivity contribution in [2.24, 2.45) is 0 Å². The molecular formula is C12H17I. The molecule has 0 amide bonds. The van der Waals surface area contributed by atoms with E-state index in [1.54, 1.807) is 0 Å². The third-order valence-electron chi connectivity index (χ3n) is 2.38. The van der Waals surface area contributed by atoms with Crippen molar-refractivity contribution < 1.29 is 0 Å². The largest absolute Gasteiger partial charge is 0.0857 e. The van der Waals surface area contributed by atoms with Crippen LogP contribution in [0.5, 0.6) is 0 Å². The van der Waals surface area contributed by atoms with E-state index in [1.807, 2.05) is 0 Å². The molecule has 0 aliphatic heterocycles. The van der Waals surface area contributed by atoms with Crippen molar-refractivity contribution >= 4 is 22.6 Å². The highest BCUT2D eigenvalue weighted by molar-refractivity contribution is 14.1. The van der Waals surface area contributed by atoms with Gasteiger partial charge in [-0.1, -0.05) is 67.6 Å². The smallest absolute Gasteiger partial charge is 0.00616 e. The van der Waals surface area contributed by atoms with Gasteiger partial charge < -0.3 is 0 Å². The summed E-state index contributed by atoms with van der Waals surface area (Å²) < 4.78 is 1.19. The maximum Gasteiger partial charge on any atom is 0.00616 e. The Morgan fingerprint density at radius 2 is 1.77 bits per heavy atom. The minimum Gasteiger partial charge on any atom is -0.0857 e. The standard InChI is InChI=1S/C12H17I/c1-9(2)11-5-4-6-12(7-11)10(3)8-13/h4-7,9-10H,8H2,1-3H3. The van der Waals surface area contributed by atoms with Gasteiger partial charge >= 0.3 is 0 Å². The second-order valence-corrected chi connectivity index (χ2v) is 4.76. The van der Waals surface area contributed by atoms with E-state index in [-0.39, 0.29) is 0 Å². The van der Waals surface area contributed by atoms with Crippen LogP contribution in [0.2, 0.25) is 0 Å². The summed E-state index contributed by atoms with van der Waals surface area (Å²) in [6, 6.07) is 8.96. The fraction of sp³-hybridized carbons (Fsp3) is 0.500. The fourth-order valence-electron chi connectivity index (χ4n) is 1.31. The van der Waals surface area contributed by atoms with Gasteiger partial charge in [0.25, 0.3) is 0 Å². The maximum absolute atomic E-state index is 2.45. The van der Waals surface area contributed by atoms with Crippen LogP contribution in [0.1, 0.15) is 43.7 Å². The summed E-state index contributed by atoms with van der Waals surface area (Å²) in [7, 11) is 0. The minimum absolute atomic E-state index is 0.640. The molecule has 0 N–H and O–H groups in total. The highest BCUT2D eigenvalue weighted by Crippen LogP contribution is 2.22. The zero-order valence-electron chi connectivity index (χ0n) is 8.55. The van der Waals surface area contributed by atoms with E-state index in [2.05, 4.69) is 67.6 Å². The number of benzene rings is 1. The molecule has 0 saturated heterocycles. The second-order valence-electron chi connectivity index (χ2n) is 3.88. The third-order valence-corrected chi connectivity index (χ3v) is 3.70. The molecule has 72 valence electrons. The van der Waals surface area contributed by atoms with Gasteiger partial charge in [-0.2, -0.15) is 0 Å². The Bertz CT molecular complexity index is 266. The summed E-state index contributed by atoms with van der Waals surface area (Å²) in [5.74, 6) is 1.32. The van der Waals surface area contributed by atoms with Gasteiger partial charge in [0.15, 0.2) is 0 Å². The van der Waals surface area contributed by atoms with E-state index >= 15 is 0 Å². The lowest BCUT2D eigenvalue weighted by Gasteiger charge is -2.11.